The molecule has 1 aromatic heterocycles. The number of alkyl halides is 3. The molecule has 0 aliphatic heterocycles. The van der Waals surface area contributed by atoms with Gasteiger partial charge in [-0.05, 0) is 6.92 Å². The number of aliphatic carboxylic acids is 1. The van der Waals surface area contributed by atoms with Crippen LogP contribution in [0.5, 0.6) is 0 Å². The minimum Gasteiger partial charge on any atom is -0.480 e. The van der Waals surface area contributed by atoms with Crippen LogP contribution in [0.1, 0.15) is 38.4 Å². The van der Waals surface area contributed by atoms with Crippen LogP contribution in [-0.2, 0) is 11.3 Å². The van der Waals surface area contributed by atoms with Gasteiger partial charge in [-0.2, -0.15) is 18.2 Å². The Balaban J connectivity index is 2.80. The van der Waals surface area contributed by atoms with E-state index in [0.29, 0.717) is 6.92 Å². The molecule has 0 spiro atoms. The molecule has 0 bridgehead atoms. The number of hydrogen-bond donors (Lipinski definition) is 2. The van der Waals surface area contributed by atoms with Crippen LogP contribution in [0, 0.1) is 0 Å². The molecule has 0 fully saturated rings. The van der Waals surface area contributed by atoms with Crippen molar-refractivity contribution >= 4 is 5.97 Å². The molecule has 0 aliphatic carbocycles. The van der Waals surface area contributed by atoms with Crippen LogP contribution in [0.15, 0.2) is 4.52 Å². The fourth-order valence-corrected chi connectivity index (χ4v) is 1.13. The lowest BCUT2D eigenvalue weighted by Crippen LogP contribution is -2.59. The predicted octanol–water partition coefficient (Wildman–Crippen LogP) is 1.69. The van der Waals surface area contributed by atoms with Gasteiger partial charge in [-0.1, -0.05) is 19.0 Å². The smallest absolute Gasteiger partial charge is 0.417 e. The highest BCUT2D eigenvalue weighted by Crippen LogP contribution is 2.30. The Morgan fingerprint density at radius 1 is 1.47 bits per heavy atom. The van der Waals surface area contributed by atoms with Gasteiger partial charge in [-0.25, -0.2) is 4.79 Å². The second-order valence-electron chi connectivity index (χ2n) is 4.49. The lowest BCUT2D eigenvalue weighted by atomic mass is 10.0. The summed E-state index contributed by atoms with van der Waals surface area (Å²) in [6.45, 7) is 3.64. The van der Waals surface area contributed by atoms with Gasteiger partial charge in [0, 0.05) is 5.92 Å². The molecule has 6 nitrogen and oxygen atoms in total. The van der Waals surface area contributed by atoms with Gasteiger partial charge < -0.3 is 9.63 Å². The van der Waals surface area contributed by atoms with E-state index in [2.05, 4.69) is 10.1 Å². The molecule has 1 rings (SSSR count). The first-order valence-electron chi connectivity index (χ1n) is 5.45. The van der Waals surface area contributed by atoms with E-state index in [1.807, 2.05) is 5.32 Å². The Kier molecular flexibility index (Phi) is 4.18. The minimum absolute atomic E-state index is 0.0274. The van der Waals surface area contributed by atoms with E-state index in [1.165, 1.54) is 0 Å². The molecular weight excluding hydrogens is 267 g/mol. The Labute approximate surface area is 107 Å². The van der Waals surface area contributed by atoms with E-state index in [-0.39, 0.29) is 17.6 Å². The number of nitrogens with zero attached hydrogens (tertiary/aromatic N) is 2. The first kappa shape index (κ1) is 15.4. The van der Waals surface area contributed by atoms with E-state index < -0.39 is 24.2 Å². The first-order chi connectivity index (χ1) is 8.58. The van der Waals surface area contributed by atoms with Gasteiger partial charge in [0.1, 0.15) is 0 Å². The second-order valence-corrected chi connectivity index (χ2v) is 4.49. The molecule has 0 saturated heterocycles. The molecule has 0 aliphatic rings. The minimum atomic E-state index is -4.94. The highest BCUT2D eigenvalue weighted by atomic mass is 19.4. The maximum absolute atomic E-state index is 12.7. The van der Waals surface area contributed by atoms with Crippen LogP contribution < -0.4 is 5.32 Å². The summed E-state index contributed by atoms with van der Waals surface area (Å²) in [5.74, 6) is -1.83. The Morgan fingerprint density at radius 3 is 2.42 bits per heavy atom. The van der Waals surface area contributed by atoms with E-state index in [1.54, 1.807) is 13.8 Å². The summed E-state index contributed by atoms with van der Waals surface area (Å²) in [6, 6.07) is 0. The number of aromatic nitrogens is 2. The molecule has 0 saturated carbocycles. The standard InChI is InChI=1S/C10H14F3N3O3/c1-5(2)7-15-6(16-19-7)4-14-9(3,8(17)18)10(11,12)13/h5,14H,4H2,1-3H3,(H,17,18). The molecule has 1 aromatic rings. The van der Waals surface area contributed by atoms with Crippen molar-refractivity contribution in [3.63, 3.8) is 0 Å². The van der Waals surface area contributed by atoms with Crippen molar-refractivity contribution < 1.29 is 27.6 Å². The van der Waals surface area contributed by atoms with Gasteiger partial charge >= 0.3 is 12.1 Å². The maximum atomic E-state index is 12.7. The first-order valence-corrected chi connectivity index (χ1v) is 5.45. The van der Waals surface area contributed by atoms with Crippen molar-refractivity contribution in [1.29, 1.82) is 0 Å². The normalized spacial score (nSPS) is 15.5. The fraction of sp³-hybridized carbons (Fsp3) is 0.700. The zero-order valence-electron chi connectivity index (χ0n) is 10.6. The zero-order valence-corrected chi connectivity index (χ0v) is 10.6. The number of carboxylic acid groups (broad SMARTS) is 1. The second kappa shape index (κ2) is 5.16. The fourth-order valence-electron chi connectivity index (χ4n) is 1.13. The van der Waals surface area contributed by atoms with Crippen molar-refractivity contribution in [3.05, 3.63) is 11.7 Å². The Bertz CT molecular complexity index is 458. The summed E-state index contributed by atoms with van der Waals surface area (Å²) in [6.07, 6.45) is -4.94. The monoisotopic (exact) mass is 281 g/mol. The molecule has 2 N–H and O–H groups in total. The van der Waals surface area contributed by atoms with Crippen LogP contribution in [0.25, 0.3) is 0 Å². The number of carbonyl (C=O) groups is 1. The van der Waals surface area contributed by atoms with Crippen molar-refractivity contribution in [2.75, 3.05) is 0 Å². The molecule has 0 radical (unpaired) electrons. The average Bonchev–Trinajstić information content (AvgIpc) is 2.72. The summed E-state index contributed by atoms with van der Waals surface area (Å²) in [4.78, 5) is 14.6. The van der Waals surface area contributed by atoms with Gasteiger partial charge in [0.05, 0.1) is 6.54 Å². The summed E-state index contributed by atoms with van der Waals surface area (Å²) in [5, 5.41) is 14.1. The van der Waals surface area contributed by atoms with Gasteiger partial charge in [0.25, 0.3) is 0 Å². The SMILES string of the molecule is CC(C)c1nc(CNC(C)(C(=O)O)C(F)(F)F)no1. The number of rotatable bonds is 5. The van der Waals surface area contributed by atoms with Crippen LogP contribution >= 0.6 is 0 Å². The van der Waals surface area contributed by atoms with Gasteiger partial charge in [-0.3, -0.25) is 5.32 Å². The van der Waals surface area contributed by atoms with Crippen LogP contribution in [0.2, 0.25) is 0 Å². The quantitative estimate of drug-likeness (QED) is 0.853. The third kappa shape index (κ3) is 3.22. The van der Waals surface area contributed by atoms with E-state index in [0.717, 1.165) is 0 Å². The molecular formula is C10H14F3N3O3. The number of hydrogen-bond acceptors (Lipinski definition) is 5. The van der Waals surface area contributed by atoms with Crippen LogP contribution in [-0.4, -0.2) is 32.9 Å². The lowest BCUT2D eigenvalue weighted by Gasteiger charge is -2.28. The summed E-state index contributed by atoms with van der Waals surface area (Å²) in [5.41, 5.74) is -3.06. The third-order valence-electron chi connectivity index (χ3n) is 2.57. The lowest BCUT2D eigenvalue weighted by molar-refractivity contribution is -0.206. The Hall–Kier alpha value is -1.64. The molecule has 9 heteroatoms. The molecule has 1 unspecified atom stereocenters. The van der Waals surface area contributed by atoms with Crippen LogP contribution in [0.4, 0.5) is 13.2 Å². The highest BCUT2D eigenvalue weighted by Gasteiger charge is 2.57. The van der Waals surface area contributed by atoms with Crippen molar-refractivity contribution in [1.82, 2.24) is 15.5 Å². The molecule has 19 heavy (non-hydrogen) atoms. The van der Waals surface area contributed by atoms with Gasteiger partial charge in [-0.15, -0.1) is 0 Å². The number of carboxylic acids is 1. The van der Waals surface area contributed by atoms with Gasteiger partial charge in [0.2, 0.25) is 11.4 Å². The molecule has 108 valence electrons. The average molecular weight is 281 g/mol. The largest absolute Gasteiger partial charge is 0.480 e. The third-order valence-corrected chi connectivity index (χ3v) is 2.57. The van der Waals surface area contributed by atoms with Gasteiger partial charge in [0.15, 0.2) is 5.82 Å². The highest BCUT2D eigenvalue weighted by molar-refractivity contribution is 5.79. The topological polar surface area (TPSA) is 88.2 Å². The van der Waals surface area contributed by atoms with E-state index in [4.69, 9.17) is 9.63 Å². The number of halogens is 3. The summed E-state index contributed by atoms with van der Waals surface area (Å²) < 4.78 is 42.9. The summed E-state index contributed by atoms with van der Waals surface area (Å²) in [7, 11) is 0. The zero-order chi connectivity index (χ0) is 14.8. The van der Waals surface area contributed by atoms with Crippen molar-refractivity contribution in [2.45, 2.75) is 44.9 Å². The number of nitrogens with one attached hydrogen (secondary N) is 1. The summed E-state index contributed by atoms with van der Waals surface area (Å²) >= 11 is 0. The van der Waals surface area contributed by atoms with Crippen molar-refractivity contribution in [3.8, 4) is 0 Å². The Morgan fingerprint density at radius 2 is 2.05 bits per heavy atom. The molecule has 1 atom stereocenters. The van der Waals surface area contributed by atoms with E-state index >= 15 is 0 Å². The predicted molar refractivity (Wildman–Crippen MR) is 57.3 cm³/mol. The van der Waals surface area contributed by atoms with E-state index in [9.17, 15) is 18.0 Å². The van der Waals surface area contributed by atoms with Crippen LogP contribution in [0.3, 0.4) is 0 Å². The maximum Gasteiger partial charge on any atom is 0.417 e. The molecule has 1 heterocycles. The van der Waals surface area contributed by atoms with Crippen molar-refractivity contribution in [2.24, 2.45) is 0 Å². The molecule has 0 aromatic carbocycles. The molecule has 0 amide bonds.